The monoisotopic (exact) mass is 506 g/mol. The molecule has 0 unspecified atom stereocenters. The van der Waals surface area contributed by atoms with Crippen LogP contribution in [0.25, 0.3) is 11.3 Å². The van der Waals surface area contributed by atoms with Gasteiger partial charge in [0.2, 0.25) is 0 Å². The van der Waals surface area contributed by atoms with E-state index in [0.717, 1.165) is 39.7 Å². The minimum absolute atomic E-state index is 0.145. The molecule has 4 aromatic rings. The zero-order chi connectivity index (χ0) is 25.2. The van der Waals surface area contributed by atoms with Gasteiger partial charge in [-0.2, -0.15) is 0 Å². The standard InChI is InChI=1S/C33H34N2OS/c1-33(27-18-9-4-10-19-27)21-26-17-11-12-20-28(26)30-29(33)31(36)35(22-24-13-5-2-6-14-24)32(34-30)37-23-25-15-7-3-8-16-25/h2-3,5-8,11-17,20,27H,4,9-10,18-19,21-23H2,1H3/t33-/m0/s1. The minimum atomic E-state index is -0.199. The van der Waals surface area contributed by atoms with Gasteiger partial charge in [-0.15, -0.1) is 0 Å². The fourth-order valence-electron chi connectivity index (χ4n) is 6.46. The van der Waals surface area contributed by atoms with Crippen molar-refractivity contribution < 1.29 is 0 Å². The Labute approximate surface area is 224 Å². The molecule has 3 aromatic carbocycles. The highest BCUT2D eigenvalue weighted by Gasteiger charge is 2.44. The highest BCUT2D eigenvalue weighted by Crippen LogP contribution is 2.49. The van der Waals surface area contributed by atoms with Crippen molar-refractivity contribution in [2.75, 3.05) is 0 Å². The van der Waals surface area contributed by atoms with E-state index in [2.05, 4.69) is 67.6 Å². The summed E-state index contributed by atoms with van der Waals surface area (Å²) in [5, 5.41) is 0.805. The molecule has 4 heteroatoms. The van der Waals surface area contributed by atoms with Crippen molar-refractivity contribution in [1.82, 2.24) is 9.55 Å². The molecule has 0 N–H and O–H groups in total. The van der Waals surface area contributed by atoms with Crippen molar-refractivity contribution in [3.63, 3.8) is 0 Å². The van der Waals surface area contributed by atoms with Gasteiger partial charge in [0.1, 0.15) is 0 Å². The first-order valence-corrected chi connectivity index (χ1v) is 14.6. The molecule has 1 saturated carbocycles. The van der Waals surface area contributed by atoms with Crippen molar-refractivity contribution in [1.29, 1.82) is 0 Å². The van der Waals surface area contributed by atoms with Crippen LogP contribution in [-0.4, -0.2) is 9.55 Å². The van der Waals surface area contributed by atoms with Gasteiger partial charge >= 0.3 is 0 Å². The van der Waals surface area contributed by atoms with Crippen molar-refractivity contribution in [2.45, 2.75) is 68.3 Å². The summed E-state index contributed by atoms with van der Waals surface area (Å²) in [6.45, 7) is 2.89. The summed E-state index contributed by atoms with van der Waals surface area (Å²) in [7, 11) is 0. The number of fused-ring (bicyclic) bond motifs is 3. The first-order valence-electron chi connectivity index (χ1n) is 13.6. The molecule has 188 valence electrons. The van der Waals surface area contributed by atoms with Gasteiger partial charge in [-0.25, -0.2) is 4.98 Å². The number of hydrogen-bond acceptors (Lipinski definition) is 3. The average Bonchev–Trinajstić information content (AvgIpc) is 2.95. The van der Waals surface area contributed by atoms with E-state index in [-0.39, 0.29) is 11.0 Å². The Hall–Kier alpha value is -3.11. The number of benzene rings is 3. The van der Waals surface area contributed by atoms with Gasteiger partial charge in [0.05, 0.1) is 17.8 Å². The maximum atomic E-state index is 14.6. The number of thioether (sulfide) groups is 1. The quantitative estimate of drug-likeness (QED) is 0.199. The van der Waals surface area contributed by atoms with E-state index in [1.807, 2.05) is 28.8 Å². The summed E-state index contributed by atoms with van der Waals surface area (Å²) in [5.41, 5.74) is 6.63. The molecule has 0 saturated heterocycles. The SMILES string of the molecule is C[C@@]1(C2CCCCC2)Cc2ccccc2-c2nc(SCc3ccccc3)n(Cc3ccccc3)c(=O)c21. The zero-order valence-electron chi connectivity index (χ0n) is 21.5. The van der Waals surface area contributed by atoms with Crippen LogP contribution in [-0.2, 0) is 24.1 Å². The highest BCUT2D eigenvalue weighted by molar-refractivity contribution is 7.98. The third kappa shape index (κ3) is 4.68. The molecule has 1 aromatic heterocycles. The third-order valence-electron chi connectivity index (χ3n) is 8.44. The predicted octanol–water partition coefficient (Wildman–Crippen LogP) is 7.65. The van der Waals surface area contributed by atoms with E-state index < -0.39 is 0 Å². The molecule has 37 heavy (non-hydrogen) atoms. The summed E-state index contributed by atoms with van der Waals surface area (Å²) in [5.74, 6) is 1.29. The van der Waals surface area contributed by atoms with Gasteiger partial charge < -0.3 is 0 Å². The van der Waals surface area contributed by atoms with Crippen LogP contribution in [0.5, 0.6) is 0 Å². The molecule has 2 aliphatic rings. The van der Waals surface area contributed by atoms with Gasteiger partial charge in [-0.1, -0.05) is 123 Å². The zero-order valence-corrected chi connectivity index (χ0v) is 22.3. The number of aromatic nitrogens is 2. The Kier molecular flexibility index (Phi) is 6.77. The van der Waals surface area contributed by atoms with Gasteiger partial charge in [0.25, 0.3) is 5.56 Å². The van der Waals surface area contributed by atoms with E-state index in [1.54, 1.807) is 11.8 Å². The molecule has 0 spiro atoms. The molecule has 1 fully saturated rings. The second-order valence-electron chi connectivity index (χ2n) is 10.9. The van der Waals surface area contributed by atoms with Crippen molar-refractivity contribution in [3.8, 4) is 11.3 Å². The highest BCUT2D eigenvalue weighted by atomic mass is 32.2. The topological polar surface area (TPSA) is 34.9 Å². The molecule has 3 nitrogen and oxygen atoms in total. The second-order valence-corrected chi connectivity index (χ2v) is 11.8. The largest absolute Gasteiger partial charge is 0.283 e. The molecule has 6 rings (SSSR count). The van der Waals surface area contributed by atoms with Crippen molar-refractivity contribution in [2.24, 2.45) is 5.92 Å². The van der Waals surface area contributed by atoms with E-state index in [9.17, 15) is 4.79 Å². The molecule has 0 radical (unpaired) electrons. The average molecular weight is 507 g/mol. The lowest BCUT2D eigenvalue weighted by atomic mass is 9.60. The predicted molar refractivity (Wildman–Crippen MR) is 153 cm³/mol. The Morgan fingerprint density at radius 1 is 0.865 bits per heavy atom. The lowest BCUT2D eigenvalue weighted by molar-refractivity contribution is 0.212. The van der Waals surface area contributed by atoms with Crippen LogP contribution in [0.4, 0.5) is 0 Å². The van der Waals surface area contributed by atoms with Crippen LogP contribution < -0.4 is 5.56 Å². The van der Waals surface area contributed by atoms with E-state index >= 15 is 0 Å². The van der Waals surface area contributed by atoms with Gasteiger partial charge in [0, 0.05) is 16.7 Å². The molecular formula is C33H34N2OS. The lowest BCUT2D eigenvalue weighted by Gasteiger charge is -2.44. The normalized spacial score (nSPS) is 19.3. The molecule has 0 bridgehead atoms. The Morgan fingerprint density at radius 2 is 1.51 bits per heavy atom. The molecule has 0 aliphatic heterocycles. The minimum Gasteiger partial charge on any atom is -0.283 e. The van der Waals surface area contributed by atoms with Gasteiger partial charge in [-0.05, 0) is 41.9 Å². The van der Waals surface area contributed by atoms with Gasteiger partial charge in [0.15, 0.2) is 5.16 Å². The first kappa shape index (κ1) is 24.2. The number of rotatable bonds is 6. The van der Waals surface area contributed by atoms with Crippen LogP contribution in [0.15, 0.2) is 94.9 Å². The van der Waals surface area contributed by atoms with E-state index in [1.165, 1.54) is 43.2 Å². The van der Waals surface area contributed by atoms with Gasteiger partial charge in [-0.3, -0.25) is 9.36 Å². The molecule has 0 amide bonds. The lowest BCUT2D eigenvalue weighted by Crippen LogP contribution is -2.45. The smallest absolute Gasteiger partial charge is 0.258 e. The van der Waals surface area contributed by atoms with Crippen LogP contribution in [0.2, 0.25) is 0 Å². The van der Waals surface area contributed by atoms with E-state index in [0.29, 0.717) is 12.5 Å². The summed E-state index contributed by atoms with van der Waals surface area (Å²) < 4.78 is 1.96. The molecule has 1 atom stereocenters. The fourth-order valence-corrected chi connectivity index (χ4v) is 7.41. The fraction of sp³-hybridized carbons (Fsp3) is 0.333. The van der Waals surface area contributed by atoms with Crippen LogP contribution >= 0.6 is 11.8 Å². The number of hydrogen-bond donors (Lipinski definition) is 0. The molecular weight excluding hydrogens is 472 g/mol. The maximum Gasteiger partial charge on any atom is 0.258 e. The number of nitrogens with zero attached hydrogens (tertiary/aromatic N) is 2. The van der Waals surface area contributed by atoms with Crippen LogP contribution in [0, 0.1) is 5.92 Å². The summed E-state index contributed by atoms with van der Waals surface area (Å²) in [6, 6.07) is 29.4. The maximum absolute atomic E-state index is 14.6. The van der Waals surface area contributed by atoms with E-state index in [4.69, 9.17) is 4.98 Å². The van der Waals surface area contributed by atoms with Crippen LogP contribution in [0.3, 0.4) is 0 Å². The molecule has 2 aliphatic carbocycles. The summed E-state index contributed by atoms with van der Waals surface area (Å²) in [4.78, 5) is 20.0. The summed E-state index contributed by atoms with van der Waals surface area (Å²) >= 11 is 1.67. The van der Waals surface area contributed by atoms with Crippen LogP contribution in [0.1, 0.15) is 61.3 Å². The Bertz CT molecular complexity index is 1440. The second kappa shape index (κ2) is 10.3. The summed E-state index contributed by atoms with van der Waals surface area (Å²) in [6.07, 6.45) is 7.13. The van der Waals surface area contributed by atoms with Crippen molar-refractivity contribution in [3.05, 3.63) is 118 Å². The Balaban J connectivity index is 1.53. The Morgan fingerprint density at radius 3 is 2.24 bits per heavy atom. The first-order chi connectivity index (χ1) is 18.1. The third-order valence-corrected chi connectivity index (χ3v) is 9.48. The van der Waals surface area contributed by atoms with Crippen molar-refractivity contribution >= 4 is 11.8 Å². The molecule has 1 heterocycles.